The Morgan fingerprint density at radius 1 is 1.32 bits per heavy atom. The van der Waals surface area contributed by atoms with Gasteiger partial charge in [-0.1, -0.05) is 11.6 Å². The van der Waals surface area contributed by atoms with E-state index in [9.17, 15) is 0 Å². The van der Waals surface area contributed by atoms with Crippen molar-refractivity contribution in [1.29, 1.82) is 0 Å². The molecule has 0 saturated carbocycles. The van der Waals surface area contributed by atoms with Crippen LogP contribution in [0, 0.1) is 0 Å². The Morgan fingerprint density at radius 2 is 2.16 bits per heavy atom. The van der Waals surface area contributed by atoms with Crippen LogP contribution >= 0.6 is 23.2 Å². The zero-order chi connectivity index (χ0) is 13.7. The van der Waals surface area contributed by atoms with Crippen molar-refractivity contribution in [2.75, 3.05) is 5.88 Å². The van der Waals surface area contributed by atoms with Crippen LogP contribution < -0.4 is 10.5 Å². The van der Waals surface area contributed by atoms with E-state index in [1.165, 1.54) is 0 Å². The first-order valence-electron chi connectivity index (χ1n) is 5.45. The maximum Gasteiger partial charge on any atom is 0.145 e. The van der Waals surface area contributed by atoms with Gasteiger partial charge in [-0.2, -0.15) is 0 Å². The molecule has 0 aliphatic heterocycles. The van der Waals surface area contributed by atoms with Gasteiger partial charge >= 0.3 is 0 Å². The van der Waals surface area contributed by atoms with E-state index in [2.05, 4.69) is 9.98 Å². The number of hydrogen-bond donors (Lipinski definition) is 1. The Kier molecular flexibility index (Phi) is 4.60. The molecule has 0 atom stereocenters. The smallest absolute Gasteiger partial charge is 0.145 e. The van der Waals surface area contributed by atoms with Crippen LogP contribution in [0.25, 0.3) is 0 Å². The van der Waals surface area contributed by atoms with Crippen LogP contribution in [0.15, 0.2) is 47.7 Å². The number of rotatable bonds is 4. The lowest BCUT2D eigenvalue weighted by atomic mass is 10.3. The summed E-state index contributed by atoms with van der Waals surface area (Å²) in [6.07, 6.45) is 3.29. The van der Waals surface area contributed by atoms with Crippen molar-refractivity contribution in [3.8, 4) is 11.5 Å². The second-order valence-electron chi connectivity index (χ2n) is 3.64. The molecule has 2 rings (SSSR count). The van der Waals surface area contributed by atoms with Crippen LogP contribution in [0.2, 0.25) is 5.02 Å². The number of nitrogens with zero attached hydrogens (tertiary/aromatic N) is 2. The number of amidine groups is 1. The molecule has 6 heteroatoms. The number of halogens is 2. The molecule has 4 nitrogen and oxygen atoms in total. The third-order valence-electron chi connectivity index (χ3n) is 2.19. The summed E-state index contributed by atoms with van der Waals surface area (Å²) in [6.45, 7) is 0. The van der Waals surface area contributed by atoms with Gasteiger partial charge in [-0.05, 0) is 24.3 Å². The van der Waals surface area contributed by atoms with Gasteiger partial charge in [0.1, 0.15) is 17.3 Å². The summed E-state index contributed by atoms with van der Waals surface area (Å²) in [7, 11) is 0. The normalized spacial score (nSPS) is 11.4. The van der Waals surface area contributed by atoms with E-state index in [4.69, 9.17) is 33.7 Å². The van der Waals surface area contributed by atoms with Gasteiger partial charge in [0, 0.05) is 12.3 Å². The number of ether oxygens (including phenoxy) is 1. The summed E-state index contributed by atoms with van der Waals surface area (Å²) >= 11 is 11.7. The minimum Gasteiger partial charge on any atom is -0.456 e. The summed E-state index contributed by atoms with van der Waals surface area (Å²) in [4.78, 5) is 8.05. The highest BCUT2D eigenvalue weighted by Crippen LogP contribution is 2.31. The summed E-state index contributed by atoms with van der Waals surface area (Å²) in [5.74, 6) is 1.70. The van der Waals surface area contributed by atoms with Gasteiger partial charge < -0.3 is 10.5 Å². The molecule has 19 heavy (non-hydrogen) atoms. The second kappa shape index (κ2) is 6.41. The van der Waals surface area contributed by atoms with E-state index in [1.807, 2.05) is 0 Å². The molecular weight excluding hydrogens is 285 g/mol. The molecule has 98 valence electrons. The second-order valence-corrected chi connectivity index (χ2v) is 4.32. The molecule has 2 N–H and O–H groups in total. The van der Waals surface area contributed by atoms with Gasteiger partial charge in [0.05, 0.1) is 22.8 Å². The lowest BCUT2D eigenvalue weighted by Gasteiger charge is -2.06. The van der Waals surface area contributed by atoms with Crippen LogP contribution in [-0.4, -0.2) is 16.7 Å². The maximum atomic E-state index is 6.10. The largest absolute Gasteiger partial charge is 0.456 e. The number of alkyl halides is 1. The van der Waals surface area contributed by atoms with Crippen molar-refractivity contribution >= 4 is 34.7 Å². The number of aliphatic imine (C=N–C) groups is 1. The molecule has 0 unspecified atom stereocenters. The molecule has 2 aromatic rings. The number of benzene rings is 1. The van der Waals surface area contributed by atoms with Gasteiger partial charge in [-0.25, -0.2) is 4.99 Å². The van der Waals surface area contributed by atoms with Crippen molar-refractivity contribution in [2.45, 2.75) is 0 Å². The van der Waals surface area contributed by atoms with E-state index < -0.39 is 0 Å². The standard InChI is InChI=1S/C13H11Cl2N3O/c14-7-13(16)18-12-4-3-9(6-11(12)15)19-10-2-1-5-17-8-10/h1-6,8H,7H2,(H2,16,18). The van der Waals surface area contributed by atoms with Crippen molar-refractivity contribution in [3.63, 3.8) is 0 Å². The van der Waals surface area contributed by atoms with E-state index in [-0.39, 0.29) is 5.88 Å². The molecule has 0 saturated heterocycles. The Balaban J connectivity index is 2.20. The summed E-state index contributed by atoms with van der Waals surface area (Å²) in [5, 5.41) is 0.439. The van der Waals surface area contributed by atoms with E-state index >= 15 is 0 Å². The molecule has 0 radical (unpaired) electrons. The topological polar surface area (TPSA) is 60.5 Å². The van der Waals surface area contributed by atoms with E-state index in [1.54, 1.807) is 42.7 Å². The van der Waals surface area contributed by atoms with Crippen LogP contribution in [0.5, 0.6) is 11.5 Å². The van der Waals surface area contributed by atoms with Crippen LogP contribution in [0.3, 0.4) is 0 Å². The molecule has 0 aliphatic rings. The SMILES string of the molecule is NC(CCl)=Nc1ccc(Oc2cccnc2)cc1Cl. The Labute approximate surface area is 120 Å². The van der Waals surface area contributed by atoms with Crippen LogP contribution in [-0.2, 0) is 0 Å². The van der Waals surface area contributed by atoms with Gasteiger partial charge in [-0.3, -0.25) is 4.98 Å². The van der Waals surface area contributed by atoms with Crippen LogP contribution in [0.1, 0.15) is 0 Å². The molecule has 1 heterocycles. The Morgan fingerprint density at radius 3 is 2.79 bits per heavy atom. The predicted octanol–water partition coefficient (Wildman–Crippen LogP) is 3.75. The molecule has 0 bridgehead atoms. The Hall–Kier alpha value is -1.78. The minimum absolute atomic E-state index is 0.157. The molecule has 1 aromatic heterocycles. The molecular formula is C13H11Cl2N3O. The lowest BCUT2D eigenvalue weighted by molar-refractivity contribution is 0.480. The summed E-state index contributed by atoms with van der Waals surface area (Å²) < 4.78 is 5.59. The maximum absolute atomic E-state index is 6.10. The first-order chi connectivity index (χ1) is 9.19. The molecule has 1 aromatic carbocycles. The van der Waals surface area contributed by atoms with Crippen LogP contribution in [0.4, 0.5) is 5.69 Å². The van der Waals surface area contributed by atoms with Crippen molar-refractivity contribution in [1.82, 2.24) is 4.98 Å². The third kappa shape index (κ3) is 3.84. The molecule has 0 aliphatic carbocycles. The van der Waals surface area contributed by atoms with E-state index in [0.29, 0.717) is 28.0 Å². The van der Waals surface area contributed by atoms with Crippen molar-refractivity contribution < 1.29 is 4.74 Å². The monoisotopic (exact) mass is 295 g/mol. The Bertz CT molecular complexity index is 588. The molecule has 0 spiro atoms. The fourth-order valence-electron chi connectivity index (χ4n) is 1.37. The number of aromatic nitrogens is 1. The predicted molar refractivity (Wildman–Crippen MR) is 77.8 cm³/mol. The average molecular weight is 296 g/mol. The number of pyridine rings is 1. The zero-order valence-corrected chi connectivity index (χ0v) is 11.4. The van der Waals surface area contributed by atoms with Crippen molar-refractivity contribution in [2.24, 2.45) is 10.7 Å². The summed E-state index contributed by atoms with van der Waals surface area (Å²) in [5.41, 5.74) is 6.11. The fourth-order valence-corrected chi connectivity index (χ4v) is 1.64. The number of hydrogen-bond acceptors (Lipinski definition) is 3. The van der Waals surface area contributed by atoms with Gasteiger partial charge in [-0.15, -0.1) is 11.6 Å². The van der Waals surface area contributed by atoms with Gasteiger partial charge in [0.2, 0.25) is 0 Å². The number of nitrogens with two attached hydrogens (primary N) is 1. The molecule has 0 amide bonds. The first kappa shape index (κ1) is 13.6. The van der Waals surface area contributed by atoms with Crippen molar-refractivity contribution in [3.05, 3.63) is 47.7 Å². The highest BCUT2D eigenvalue weighted by atomic mass is 35.5. The zero-order valence-electron chi connectivity index (χ0n) is 9.88. The first-order valence-corrected chi connectivity index (χ1v) is 6.36. The highest BCUT2D eigenvalue weighted by Gasteiger charge is 2.03. The molecule has 0 fully saturated rings. The fraction of sp³-hybridized carbons (Fsp3) is 0.0769. The minimum atomic E-state index is 0.157. The lowest BCUT2D eigenvalue weighted by Crippen LogP contribution is -2.12. The van der Waals surface area contributed by atoms with Gasteiger partial charge in [0.15, 0.2) is 0 Å². The van der Waals surface area contributed by atoms with E-state index in [0.717, 1.165) is 0 Å². The highest BCUT2D eigenvalue weighted by molar-refractivity contribution is 6.33. The summed E-state index contributed by atoms with van der Waals surface area (Å²) in [6, 6.07) is 8.72. The quantitative estimate of drug-likeness (QED) is 0.531. The van der Waals surface area contributed by atoms with Gasteiger partial charge in [0.25, 0.3) is 0 Å². The average Bonchev–Trinajstić information content (AvgIpc) is 2.43. The third-order valence-corrected chi connectivity index (χ3v) is 2.77.